The molecule has 2 aromatic carbocycles. The lowest BCUT2D eigenvalue weighted by Crippen LogP contribution is -2.07. The molecule has 3 heteroatoms. The molecule has 2 aromatic rings. The number of nitriles is 1. The molecule has 0 aliphatic heterocycles. The van der Waals surface area contributed by atoms with E-state index < -0.39 is 0 Å². The Kier molecular flexibility index (Phi) is 3.72. The molecule has 0 bridgehead atoms. The van der Waals surface area contributed by atoms with Gasteiger partial charge >= 0.3 is 0 Å². The Morgan fingerprint density at radius 2 is 1.84 bits per heavy atom. The maximum absolute atomic E-state index is 9.88. The molecular formula is C16H16N2O. The number of phenolic OH excluding ortho intramolecular Hbond substituents is 1. The second-order valence-corrected chi connectivity index (χ2v) is 4.62. The van der Waals surface area contributed by atoms with Crippen molar-refractivity contribution in [1.82, 2.24) is 0 Å². The zero-order chi connectivity index (χ0) is 13.8. The summed E-state index contributed by atoms with van der Waals surface area (Å²) < 4.78 is 0. The number of nitrogens with zero attached hydrogens (tertiary/aromatic N) is 1. The molecule has 1 atom stereocenters. The van der Waals surface area contributed by atoms with Crippen LogP contribution in [-0.4, -0.2) is 5.11 Å². The molecule has 0 amide bonds. The van der Waals surface area contributed by atoms with Gasteiger partial charge < -0.3 is 10.4 Å². The molecule has 0 radical (unpaired) electrons. The van der Waals surface area contributed by atoms with Crippen LogP contribution in [-0.2, 0) is 0 Å². The molecule has 0 heterocycles. The number of benzene rings is 2. The minimum absolute atomic E-state index is 0.00663. The van der Waals surface area contributed by atoms with Gasteiger partial charge in [0.15, 0.2) is 0 Å². The van der Waals surface area contributed by atoms with Crippen molar-refractivity contribution in [2.75, 3.05) is 5.32 Å². The monoisotopic (exact) mass is 252 g/mol. The first kappa shape index (κ1) is 13.0. The van der Waals surface area contributed by atoms with Crippen molar-refractivity contribution in [2.24, 2.45) is 0 Å². The molecule has 0 aliphatic carbocycles. The Bertz CT molecular complexity index is 612. The highest BCUT2D eigenvalue weighted by Crippen LogP contribution is 2.27. The minimum atomic E-state index is -0.00663. The van der Waals surface area contributed by atoms with Crippen LogP contribution in [0.1, 0.15) is 29.7 Å². The molecule has 3 nitrogen and oxygen atoms in total. The summed E-state index contributed by atoms with van der Waals surface area (Å²) in [5.74, 6) is 0.291. The average molecular weight is 252 g/mol. The third-order valence-electron chi connectivity index (χ3n) is 3.05. The Morgan fingerprint density at radius 1 is 1.16 bits per heavy atom. The zero-order valence-corrected chi connectivity index (χ0v) is 11.0. The molecule has 19 heavy (non-hydrogen) atoms. The van der Waals surface area contributed by atoms with Crippen LogP contribution in [0.25, 0.3) is 0 Å². The summed E-state index contributed by atoms with van der Waals surface area (Å²) in [7, 11) is 0. The third kappa shape index (κ3) is 3.05. The number of aromatic hydroxyl groups is 1. The number of hydrogen-bond donors (Lipinski definition) is 2. The molecule has 0 saturated carbocycles. The van der Waals surface area contributed by atoms with E-state index in [0.29, 0.717) is 11.3 Å². The summed E-state index contributed by atoms with van der Waals surface area (Å²) in [4.78, 5) is 0. The number of anilines is 1. The van der Waals surface area contributed by atoms with Gasteiger partial charge in [0.2, 0.25) is 0 Å². The van der Waals surface area contributed by atoms with Gasteiger partial charge in [-0.2, -0.15) is 5.26 Å². The highest BCUT2D eigenvalue weighted by Gasteiger charge is 2.10. The van der Waals surface area contributed by atoms with Gasteiger partial charge in [0, 0.05) is 11.3 Å². The average Bonchev–Trinajstić information content (AvgIpc) is 2.42. The number of hydrogen-bond acceptors (Lipinski definition) is 3. The summed E-state index contributed by atoms with van der Waals surface area (Å²) in [6, 6.07) is 14.9. The first-order valence-electron chi connectivity index (χ1n) is 6.16. The van der Waals surface area contributed by atoms with E-state index >= 15 is 0 Å². The predicted octanol–water partition coefficient (Wildman–Crippen LogP) is 3.75. The Hall–Kier alpha value is -2.47. The topological polar surface area (TPSA) is 56.0 Å². The van der Waals surface area contributed by atoms with Gasteiger partial charge in [0.25, 0.3) is 0 Å². The van der Waals surface area contributed by atoms with Crippen LogP contribution in [0, 0.1) is 18.3 Å². The smallest absolute Gasteiger partial charge is 0.120 e. The van der Waals surface area contributed by atoms with E-state index in [2.05, 4.69) is 11.4 Å². The van der Waals surface area contributed by atoms with Gasteiger partial charge in [0.05, 0.1) is 17.7 Å². The van der Waals surface area contributed by atoms with Crippen LogP contribution in [0.3, 0.4) is 0 Å². The van der Waals surface area contributed by atoms with Crippen LogP contribution in [0.2, 0.25) is 0 Å². The van der Waals surface area contributed by atoms with E-state index in [9.17, 15) is 5.11 Å². The summed E-state index contributed by atoms with van der Waals surface area (Å²) in [5, 5.41) is 21.9. The van der Waals surface area contributed by atoms with E-state index in [0.717, 1.165) is 16.8 Å². The van der Waals surface area contributed by atoms with E-state index in [4.69, 9.17) is 5.26 Å². The van der Waals surface area contributed by atoms with Crippen molar-refractivity contribution in [3.05, 3.63) is 59.2 Å². The quantitative estimate of drug-likeness (QED) is 0.874. The van der Waals surface area contributed by atoms with E-state index in [1.165, 1.54) is 0 Å². The number of aryl methyl sites for hydroxylation is 1. The number of nitrogens with one attached hydrogen (secondary N) is 1. The molecule has 2 N–H and O–H groups in total. The Balaban J connectivity index is 2.18. The lowest BCUT2D eigenvalue weighted by Gasteiger charge is -2.17. The highest BCUT2D eigenvalue weighted by molar-refractivity contribution is 5.50. The Labute approximate surface area is 113 Å². The third-order valence-corrected chi connectivity index (χ3v) is 3.05. The first-order chi connectivity index (χ1) is 9.10. The molecule has 0 spiro atoms. The van der Waals surface area contributed by atoms with Gasteiger partial charge in [-0.05, 0) is 44.2 Å². The molecule has 0 saturated heterocycles. The van der Waals surface area contributed by atoms with Crippen molar-refractivity contribution < 1.29 is 5.11 Å². The van der Waals surface area contributed by atoms with Crippen LogP contribution in [0.5, 0.6) is 5.75 Å². The number of rotatable bonds is 3. The second-order valence-electron chi connectivity index (χ2n) is 4.62. The molecule has 96 valence electrons. The summed E-state index contributed by atoms with van der Waals surface area (Å²) in [5.41, 5.74) is 3.54. The molecule has 0 aromatic heterocycles. The summed E-state index contributed by atoms with van der Waals surface area (Å²) in [6.45, 7) is 3.99. The minimum Gasteiger partial charge on any atom is -0.508 e. The van der Waals surface area contributed by atoms with Crippen LogP contribution >= 0.6 is 0 Å². The van der Waals surface area contributed by atoms with Gasteiger partial charge in [-0.25, -0.2) is 0 Å². The maximum Gasteiger partial charge on any atom is 0.120 e. The van der Waals surface area contributed by atoms with Crippen LogP contribution in [0.4, 0.5) is 5.69 Å². The second kappa shape index (κ2) is 5.45. The van der Waals surface area contributed by atoms with Crippen LogP contribution in [0.15, 0.2) is 42.5 Å². The van der Waals surface area contributed by atoms with Crippen molar-refractivity contribution in [3.63, 3.8) is 0 Å². The van der Waals surface area contributed by atoms with Crippen molar-refractivity contribution >= 4 is 5.69 Å². The Morgan fingerprint density at radius 3 is 2.47 bits per heavy atom. The van der Waals surface area contributed by atoms with Gasteiger partial charge in [-0.3, -0.25) is 0 Å². The standard InChI is InChI=1S/C16H16N2O/c1-11-3-8-16(19)15(9-11)12(2)18-14-6-4-13(10-17)5-7-14/h3-9,12,18-19H,1-2H3. The van der Waals surface area contributed by atoms with Gasteiger partial charge in [0.1, 0.15) is 5.75 Å². The SMILES string of the molecule is Cc1ccc(O)c(C(C)Nc2ccc(C#N)cc2)c1. The fourth-order valence-electron chi connectivity index (χ4n) is 1.99. The first-order valence-corrected chi connectivity index (χ1v) is 6.16. The van der Waals surface area contributed by atoms with Crippen molar-refractivity contribution in [1.29, 1.82) is 5.26 Å². The van der Waals surface area contributed by atoms with E-state index in [-0.39, 0.29) is 6.04 Å². The molecule has 1 unspecified atom stereocenters. The fourth-order valence-corrected chi connectivity index (χ4v) is 1.99. The van der Waals surface area contributed by atoms with Crippen molar-refractivity contribution in [2.45, 2.75) is 19.9 Å². The lowest BCUT2D eigenvalue weighted by molar-refractivity contribution is 0.465. The predicted molar refractivity (Wildman–Crippen MR) is 76.0 cm³/mol. The van der Waals surface area contributed by atoms with E-state index in [1.807, 2.05) is 38.1 Å². The highest BCUT2D eigenvalue weighted by atomic mass is 16.3. The maximum atomic E-state index is 9.88. The normalized spacial score (nSPS) is 11.6. The summed E-state index contributed by atoms with van der Waals surface area (Å²) >= 11 is 0. The molecule has 0 aliphatic rings. The van der Waals surface area contributed by atoms with Crippen molar-refractivity contribution in [3.8, 4) is 11.8 Å². The zero-order valence-electron chi connectivity index (χ0n) is 11.0. The largest absolute Gasteiger partial charge is 0.508 e. The van der Waals surface area contributed by atoms with E-state index in [1.54, 1.807) is 18.2 Å². The molecular weight excluding hydrogens is 236 g/mol. The number of phenols is 1. The molecule has 2 rings (SSSR count). The summed E-state index contributed by atoms with van der Waals surface area (Å²) in [6.07, 6.45) is 0. The van der Waals surface area contributed by atoms with Gasteiger partial charge in [-0.15, -0.1) is 0 Å². The van der Waals surface area contributed by atoms with Crippen LogP contribution < -0.4 is 5.32 Å². The lowest BCUT2D eigenvalue weighted by atomic mass is 10.0. The fraction of sp³-hybridized carbons (Fsp3) is 0.188. The van der Waals surface area contributed by atoms with Gasteiger partial charge in [-0.1, -0.05) is 17.7 Å². The molecule has 0 fully saturated rings.